The molecule has 2 atom stereocenters. The van der Waals surface area contributed by atoms with Crippen LogP contribution in [0.4, 0.5) is 0 Å². The molecule has 2 unspecified atom stereocenters. The molecule has 1 amide bonds. The van der Waals surface area contributed by atoms with Crippen LogP contribution in [0.3, 0.4) is 0 Å². The molecule has 18 heavy (non-hydrogen) atoms. The lowest BCUT2D eigenvalue weighted by molar-refractivity contribution is -0.119. The van der Waals surface area contributed by atoms with Crippen molar-refractivity contribution in [2.75, 3.05) is 0 Å². The number of nitrogens with two attached hydrogens (primary N) is 2. The minimum atomic E-state index is -3.72. The van der Waals surface area contributed by atoms with Gasteiger partial charge in [-0.3, -0.25) is 10.1 Å². The van der Waals surface area contributed by atoms with Crippen LogP contribution in [0.2, 0.25) is 0 Å². The first-order valence-corrected chi connectivity index (χ1v) is 6.94. The summed E-state index contributed by atoms with van der Waals surface area (Å²) in [5, 5.41) is 8.02. The van der Waals surface area contributed by atoms with Crippen LogP contribution in [0.15, 0.2) is 29.2 Å². The van der Waals surface area contributed by atoms with Crippen LogP contribution in [0, 0.1) is 0 Å². The Labute approximate surface area is 106 Å². The van der Waals surface area contributed by atoms with Gasteiger partial charge in [0.05, 0.1) is 10.9 Å². The Balaban J connectivity index is 2.94. The summed E-state index contributed by atoms with van der Waals surface area (Å²) in [6, 6.07) is 5.53. The highest BCUT2D eigenvalue weighted by atomic mass is 32.2. The minimum Gasteiger partial charge on any atom is -0.368 e. The van der Waals surface area contributed by atoms with Crippen molar-refractivity contribution in [3.63, 3.8) is 0 Å². The number of nitrogens with one attached hydrogen (secondary N) is 1. The van der Waals surface area contributed by atoms with Crippen molar-refractivity contribution in [1.29, 1.82) is 0 Å². The number of amides is 1. The average Bonchev–Trinajstić information content (AvgIpc) is 2.27. The van der Waals surface area contributed by atoms with E-state index in [1.165, 1.54) is 12.1 Å². The summed E-state index contributed by atoms with van der Waals surface area (Å²) < 4.78 is 22.4. The van der Waals surface area contributed by atoms with Crippen LogP contribution in [0.1, 0.15) is 25.5 Å². The lowest BCUT2D eigenvalue weighted by Gasteiger charge is -2.18. The Morgan fingerprint density at radius 1 is 1.33 bits per heavy atom. The first-order valence-electron chi connectivity index (χ1n) is 5.40. The van der Waals surface area contributed by atoms with E-state index in [4.69, 9.17) is 10.9 Å². The van der Waals surface area contributed by atoms with Crippen molar-refractivity contribution in [3.8, 4) is 0 Å². The van der Waals surface area contributed by atoms with Crippen LogP contribution < -0.4 is 16.2 Å². The van der Waals surface area contributed by atoms with Crippen LogP contribution in [-0.4, -0.2) is 20.4 Å². The quantitative estimate of drug-likeness (QED) is 0.691. The lowest BCUT2D eigenvalue weighted by atomic mass is 10.1. The Morgan fingerprint density at radius 3 is 2.44 bits per heavy atom. The van der Waals surface area contributed by atoms with Gasteiger partial charge in [0.25, 0.3) is 0 Å². The molecule has 0 spiro atoms. The predicted molar refractivity (Wildman–Crippen MR) is 68.0 cm³/mol. The van der Waals surface area contributed by atoms with Gasteiger partial charge in [0.15, 0.2) is 0 Å². The van der Waals surface area contributed by atoms with E-state index in [0.29, 0.717) is 0 Å². The second-order valence-electron chi connectivity index (χ2n) is 4.13. The summed E-state index contributed by atoms with van der Waals surface area (Å²) in [5.41, 5.74) is 5.86. The molecular formula is C11H17N3O3S. The smallest absolute Gasteiger partial charge is 0.238 e. The first kappa shape index (κ1) is 14.6. The Kier molecular flexibility index (Phi) is 4.44. The second kappa shape index (κ2) is 5.47. The summed E-state index contributed by atoms with van der Waals surface area (Å²) in [4.78, 5) is 11.0. The van der Waals surface area contributed by atoms with Crippen LogP contribution >= 0.6 is 0 Å². The van der Waals surface area contributed by atoms with Crippen LogP contribution in [0.25, 0.3) is 0 Å². The fourth-order valence-electron chi connectivity index (χ4n) is 1.51. The van der Waals surface area contributed by atoms with Gasteiger partial charge in [-0.25, -0.2) is 13.6 Å². The second-order valence-corrected chi connectivity index (χ2v) is 5.69. The molecule has 0 heterocycles. The highest BCUT2D eigenvalue weighted by Gasteiger charge is 2.15. The molecule has 1 rings (SSSR count). The zero-order valence-corrected chi connectivity index (χ0v) is 11.1. The number of rotatable bonds is 5. The van der Waals surface area contributed by atoms with E-state index >= 15 is 0 Å². The van der Waals surface area contributed by atoms with Crippen LogP contribution in [-0.2, 0) is 14.8 Å². The summed E-state index contributed by atoms with van der Waals surface area (Å²) in [7, 11) is -3.72. The van der Waals surface area contributed by atoms with Gasteiger partial charge >= 0.3 is 0 Å². The number of carbonyl (C=O) groups excluding carboxylic acids is 1. The molecule has 1 aromatic carbocycles. The topological polar surface area (TPSA) is 115 Å². The predicted octanol–water partition coefficient (Wildman–Crippen LogP) is -0.142. The fourth-order valence-corrected chi connectivity index (χ4v) is 2.08. The van der Waals surface area contributed by atoms with Crippen LogP contribution in [0.5, 0.6) is 0 Å². The Morgan fingerprint density at radius 2 is 1.94 bits per heavy atom. The van der Waals surface area contributed by atoms with Gasteiger partial charge in [-0.1, -0.05) is 12.1 Å². The number of benzene rings is 1. The lowest BCUT2D eigenvalue weighted by Crippen LogP contribution is -2.40. The highest BCUT2D eigenvalue weighted by molar-refractivity contribution is 7.89. The van der Waals surface area contributed by atoms with Crippen molar-refractivity contribution in [2.45, 2.75) is 30.8 Å². The molecule has 0 fully saturated rings. The third kappa shape index (κ3) is 3.80. The SMILES string of the molecule is CC(NC(C)c1cccc(S(N)(=O)=O)c1)C(N)=O. The molecule has 0 aliphatic carbocycles. The van der Waals surface area contributed by atoms with Crippen molar-refractivity contribution < 1.29 is 13.2 Å². The van der Waals surface area contributed by atoms with Gasteiger partial charge in [-0.05, 0) is 31.5 Å². The normalized spacial score (nSPS) is 15.1. The van der Waals surface area contributed by atoms with E-state index in [9.17, 15) is 13.2 Å². The van der Waals surface area contributed by atoms with E-state index in [1.54, 1.807) is 19.1 Å². The van der Waals surface area contributed by atoms with Crippen molar-refractivity contribution in [2.24, 2.45) is 10.9 Å². The summed E-state index contributed by atoms with van der Waals surface area (Å²) in [6.07, 6.45) is 0. The average molecular weight is 271 g/mol. The molecule has 0 saturated carbocycles. The molecule has 0 bridgehead atoms. The first-order chi connectivity index (χ1) is 8.21. The molecule has 0 radical (unpaired) electrons. The zero-order chi connectivity index (χ0) is 13.9. The molecule has 0 saturated heterocycles. The van der Waals surface area contributed by atoms with Crippen molar-refractivity contribution >= 4 is 15.9 Å². The fraction of sp³-hybridized carbons (Fsp3) is 0.364. The molecule has 0 aliphatic rings. The molecule has 0 aliphatic heterocycles. The highest BCUT2D eigenvalue weighted by Crippen LogP contribution is 2.17. The Hall–Kier alpha value is -1.44. The number of sulfonamides is 1. The molecular weight excluding hydrogens is 254 g/mol. The standard InChI is InChI=1S/C11H17N3O3S/c1-7(14-8(2)11(12)15)9-4-3-5-10(6-9)18(13,16)17/h3-8,14H,1-2H3,(H2,12,15)(H2,13,16,17). The summed E-state index contributed by atoms with van der Waals surface area (Å²) >= 11 is 0. The Bertz CT molecular complexity index is 542. The summed E-state index contributed by atoms with van der Waals surface area (Å²) in [5.74, 6) is -0.468. The number of primary amides is 1. The largest absolute Gasteiger partial charge is 0.368 e. The number of hydrogen-bond acceptors (Lipinski definition) is 4. The zero-order valence-electron chi connectivity index (χ0n) is 10.3. The monoisotopic (exact) mass is 271 g/mol. The van der Waals surface area contributed by atoms with E-state index in [2.05, 4.69) is 5.32 Å². The van der Waals surface area contributed by atoms with Gasteiger partial charge in [-0.15, -0.1) is 0 Å². The van der Waals surface area contributed by atoms with E-state index in [0.717, 1.165) is 5.56 Å². The maximum atomic E-state index is 11.2. The van der Waals surface area contributed by atoms with E-state index in [-0.39, 0.29) is 10.9 Å². The maximum absolute atomic E-state index is 11.2. The molecule has 6 nitrogen and oxygen atoms in total. The van der Waals surface area contributed by atoms with Gasteiger partial charge in [-0.2, -0.15) is 0 Å². The van der Waals surface area contributed by atoms with E-state index in [1.807, 2.05) is 6.92 Å². The number of carbonyl (C=O) groups is 1. The third-order valence-corrected chi connectivity index (χ3v) is 3.52. The minimum absolute atomic E-state index is 0.0420. The molecule has 7 heteroatoms. The van der Waals surface area contributed by atoms with Gasteiger partial charge in [0, 0.05) is 6.04 Å². The molecule has 0 aromatic heterocycles. The van der Waals surface area contributed by atoms with Gasteiger partial charge in [0.1, 0.15) is 0 Å². The number of primary sulfonamides is 1. The molecule has 100 valence electrons. The van der Waals surface area contributed by atoms with Crippen molar-refractivity contribution in [3.05, 3.63) is 29.8 Å². The molecule has 1 aromatic rings. The molecule has 5 N–H and O–H groups in total. The van der Waals surface area contributed by atoms with E-state index < -0.39 is 22.0 Å². The maximum Gasteiger partial charge on any atom is 0.238 e. The van der Waals surface area contributed by atoms with Crippen molar-refractivity contribution in [1.82, 2.24) is 5.32 Å². The van der Waals surface area contributed by atoms with Gasteiger partial charge < -0.3 is 5.73 Å². The summed E-state index contributed by atoms with van der Waals surface area (Å²) in [6.45, 7) is 3.45. The number of hydrogen-bond donors (Lipinski definition) is 3. The van der Waals surface area contributed by atoms with Gasteiger partial charge in [0.2, 0.25) is 15.9 Å². The third-order valence-electron chi connectivity index (χ3n) is 2.61.